The molecule has 1 unspecified atom stereocenters. The number of aryl methyl sites for hydroxylation is 1. The average molecular weight is 230 g/mol. The zero-order valence-electron chi connectivity index (χ0n) is 9.69. The van der Waals surface area contributed by atoms with Gasteiger partial charge in [-0.2, -0.15) is 0 Å². The highest BCUT2D eigenvalue weighted by Crippen LogP contribution is 2.34. The van der Waals surface area contributed by atoms with Gasteiger partial charge in [0, 0.05) is 6.42 Å². The zero-order valence-corrected chi connectivity index (χ0v) is 9.69. The van der Waals surface area contributed by atoms with Crippen molar-refractivity contribution in [2.45, 2.75) is 31.8 Å². The van der Waals surface area contributed by atoms with Crippen LogP contribution in [0.4, 0.5) is 0 Å². The molecule has 3 heteroatoms. The highest BCUT2D eigenvalue weighted by atomic mass is 16.3. The molecule has 0 bridgehead atoms. The Morgan fingerprint density at radius 2 is 2.12 bits per heavy atom. The van der Waals surface area contributed by atoms with Crippen LogP contribution in [0.25, 0.3) is 11.0 Å². The second-order valence-electron chi connectivity index (χ2n) is 4.85. The molecule has 0 amide bonds. The minimum atomic E-state index is -1.06. The van der Waals surface area contributed by atoms with Gasteiger partial charge >= 0.3 is 0 Å². The maximum Gasteiger partial charge on any atom is 0.199 e. The van der Waals surface area contributed by atoms with Crippen molar-refractivity contribution in [2.24, 2.45) is 0 Å². The van der Waals surface area contributed by atoms with Gasteiger partial charge in [-0.1, -0.05) is 12.1 Å². The molecular weight excluding hydrogens is 216 g/mol. The van der Waals surface area contributed by atoms with Crippen LogP contribution in [0.3, 0.4) is 0 Å². The molecule has 1 heterocycles. The van der Waals surface area contributed by atoms with E-state index < -0.39 is 5.60 Å². The van der Waals surface area contributed by atoms with Gasteiger partial charge in [-0.05, 0) is 31.9 Å². The summed E-state index contributed by atoms with van der Waals surface area (Å²) in [4.78, 5) is 12.4. The first-order valence-corrected chi connectivity index (χ1v) is 5.87. The summed E-state index contributed by atoms with van der Waals surface area (Å²) in [6.07, 6.45) is 2.19. The smallest absolute Gasteiger partial charge is 0.199 e. The molecular formula is C14H14O3. The lowest BCUT2D eigenvalue weighted by Crippen LogP contribution is -2.33. The topological polar surface area (TPSA) is 50.4 Å². The van der Waals surface area contributed by atoms with Crippen LogP contribution in [0.1, 0.15) is 31.1 Å². The molecule has 0 spiro atoms. The van der Waals surface area contributed by atoms with Gasteiger partial charge in [0.2, 0.25) is 0 Å². The van der Waals surface area contributed by atoms with Gasteiger partial charge in [0.05, 0.1) is 16.6 Å². The number of fused-ring (bicyclic) bond motifs is 2. The Labute approximate surface area is 98.7 Å². The fraction of sp³-hybridized carbons (Fsp3) is 0.357. The molecule has 0 radical (unpaired) electrons. The summed E-state index contributed by atoms with van der Waals surface area (Å²) in [5, 5.41) is 10.9. The van der Waals surface area contributed by atoms with Gasteiger partial charge in [-0.15, -0.1) is 0 Å². The Morgan fingerprint density at radius 1 is 1.35 bits per heavy atom. The molecule has 0 saturated carbocycles. The lowest BCUT2D eigenvalue weighted by molar-refractivity contribution is 0.0336. The van der Waals surface area contributed by atoms with E-state index in [0.29, 0.717) is 28.7 Å². The highest BCUT2D eigenvalue weighted by molar-refractivity contribution is 5.77. The molecule has 0 aliphatic heterocycles. The fourth-order valence-electron chi connectivity index (χ4n) is 2.63. The molecule has 3 rings (SSSR count). The third kappa shape index (κ3) is 1.50. The maximum atomic E-state index is 12.4. The van der Waals surface area contributed by atoms with Crippen molar-refractivity contribution < 1.29 is 9.52 Å². The normalized spacial score (nSPS) is 23.6. The predicted octanol–water partition coefficient (Wildman–Crippen LogP) is 2.34. The van der Waals surface area contributed by atoms with Crippen LogP contribution >= 0.6 is 0 Å². The number of hydrogen-bond acceptors (Lipinski definition) is 3. The van der Waals surface area contributed by atoms with Crippen LogP contribution in [0.15, 0.2) is 33.5 Å². The first-order valence-electron chi connectivity index (χ1n) is 5.87. The second kappa shape index (κ2) is 3.44. The Hall–Kier alpha value is -1.61. The van der Waals surface area contributed by atoms with Gasteiger partial charge < -0.3 is 9.52 Å². The lowest BCUT2D eigenvalue weighted by Gasteiger charge is -2.29. The number of benzene rings is 1. The molecule has 88 valence electrons. The van der Waals surface area contributed by atoms with Crippen molar-refractivity contribution in [3.05, 3.63) is 45.8 Å². The Kier molecular flexibility index (Phi) is 2.13. The minimum absolute atomic E-state index is 0.0912. The summed E-state index contributed by atoms with van der Waals surface area (Å²) >= 11 is 0. The largest absolute Gasteiger partial charge is 0.460 e. The van der Waals surface area contributed by atoms with Crippen LogP contribution in [0, 0.1) is 0 Å². The summed E-state index contributed by atoms with van der Waals surface area (Å²) in [7, 11) is 0. The van der Waals surface area contributed by atoms with Crippen molar-refractivity contribution in [1.29, 1.82) is 0 Å². The molecule has 1 aromatic heterocycles. The monoisotopic (exact) mass is 230 g/mol. The average Bonchev–Trinajstić information content (AvgIpc) is 2.28. The summed E-state index contributed by atoms with van der Waals surface area (Å²) in [6.45, 7) is 1.69. The molecule has 17 heavy (non-hydrogen) atoms. The van der Waals surface area contributed by atoms with E-state index in [0.717, 1.165) is 12.8 Å². The molecule has 0 saturated heterocycles. The van der Waals surface area contributed by atoms with Crippen molar-refractivity contribution in [1.82, 2.24) is 0 Å². The van der Waals surface area contributed by atoms with Crippen LogP contribution in [-0.4, -0.2) is 5.11 Å². The van der Waals surface area contributed by atoms with Crippen molar-refractivity contribution in [2.75, 3.05) is 0 Å². The second-order valence-corrected chi connectivity index (χ2v) is 4.85. The van der Waals surface area contributed by atoms with Gasteiger partial charge in [-0.3, -0.25) is 4.79 Å². The van der Waals surface area contributed by atoms with Crippen molar-refractivity contribution in [3.63, 3.8) is 0 Å². The molecule has 1 N–H and O–H groups in total. The van der Waals surface area contributed by atoms with E-state index in [-0.39, 0.29) is 5.43 Å². The number of rotatable bonds is 0. The Bertz CT molecular complexity index is 637. The summed E-state index contributed by atoms with van der Waals surface area (Å²) < 4.78 is 5.74. The maximum absolute atomic E-state index is 12.4. The molecule has 1 atom stereocenters. The van der Waals surface area contributed by atoms with E-state index in [9.17, 15) is 9.90 Å². The Balaban J connectivity index is 2.44. The number of aliphatic hydroxyl groups is 1. The van der Waals surface area contributed by atoms with Crippen LogP contribution in [0.5, 0.6) is 0 Å². The fourth-order valence-corrected chi connectivity index (χ4v) is 2.63. The van der Waals surface area contributed by atoms with E-state index in [1.54, 1.807) is 19.1 Å². The number of para-hydroxylation sites is 1. The quantitative estimate of drug-likeness (QED) is 0.755. The molecule has 1 aliphatic carbocycles. The zero-order chi connectivity index (χ0) is 12.0. The van der Waals surface area contributed by atoms with Crippen LogP contribution in [0.2, 0.25) is 0 Å². The minimum Gasteiger partial charge on any atom is -0.460 e. The van der Waals surface area contributed by atoms with E-state index in [2.05, 4.69) is 0 Å². The van der Waals surface area contributed by atoms with Gasteiger partial charge in [0.25, 0.3) is 0 Å². The van der Waals surface area contributed by atoms with Crippen LogP contribution in [-0.2, 0) is 12.0 Å². The van der Waals surface area contributed by atoms with E-state index in [4.69, 9.17) is 4.42 Å². The predicted molar refractivity (Wildman–Crippen MR) is 65.0 cm³/mol. The van der Waals surface area contributed by atoms with Crippen molar-refractivity contribution in [3.8, 4) is 0 Å². The molecule has 1 aromatic carbocycles. The summed E-state index contributed by atoms with van der Waals surface area (Å²) in [5.74, 6) is 0.643. The first kappa shape index (κ1) is 10.5. The SMILES string of the molecule is CC1(O)CCCc2oc3ccccc3c(=O)c21. The molecule has 0 fully saturated rings. The summed E-state index contributed by atoms with van der Waals surface area (Å²) in [5.41, 5.74) is -0.0963. The standard InChI is InChI=1S/C14H14O3/c1-14(16)8-4-7-11-12(14)13(15)9-5-2-3-6-10(9)17-11/h2-3,5-6,16H,4,7-8H2,1H3. The third-order valence-corrected chi connectivity index (χ3v) is 3.48. The third-order valence-electron chi connectivity index (χ3n) is 3.48. The Morgan fingerprint density at radius 3 is 2.94 bits per heavy atom. The molecule has 1 aliphatic rings. The van der Waals surface area contributed by atoms with Gasteiger partial charge in [-0.25, -0.2) is 0 Å². The number of hydrogen-bond donors (Lipinski definition) is 1. The molecule has 3 nitrogen and oxygen atoms in total. The first-order chi connectivity index (χ1) is 8.09. The van der Waals surface area contributed by atoms with E-state index >= 15 is 0 Å². The summed E-state index contributed by atoms with van der Waals surface area (Å²) in [6, 6.07) is 7.19. The van der Waals surface area contributed by atoms with Crippen LogP contribution < -0.4 is 5.43 Å². The van der Waals surface area contributed by atoms with E-state index in [1.807, 2.05) is 12.1 Å². The van der Waals surface area contributed by atoms with Gasteiger partial charge in [0.15, 0.2) is 5.43 Å². The van der Waals surface area contributed by atoms with Crippen molar-refractivity contribution >= 4 is 11.0 Å². The van der Waals surface area contributed by atoms with Gasteiger partial charge in [0.1, 0.15) is 11.3 Å². The highest BCUT2D eigenvalue weighted by Gasteiger charge is 2.34. The van der Waals surface area contributed by atoms with E-state index in [1.165, 1.54) is 0 Å². The lowest BCUT2D eigenvalue weighted by atomic mass is 9.83. The molecule has 2 aromatic rings.